The van der Waals surface area contributed by atoms with Gasteiger partial charge >= 0.3 is 20.8 Å². The van der Waals surface area contributed by atoms with E-state index >= 15 is 0 Å². The van der Waals surface area contributed by atoms with E-state index in [1.807, 2.05) is 32.8 Å². The zero-order valence-electron chi connectivity index (χ0n) is 11.1. The molecule has 0 unspecified atom stereocenters. The minimum atomic E-state index is -5.02. The van der Waals surface area contributed by atoms with E-state index in [0.29, 0.717) is 0 Å². The van der Waals surface area contributed by atoms with Crippen molar-refractivity contribution in [1.29, 1.82) is 0 Å². The van der Waals surface area contributed by atoms with E-state index in [-0.39, 0.29) is 18.0 Å². The van der Waals surface area contributed by atoms with Gasteiger partial charge in [-0.05, 0) is 27.9 Å². The van der Waals surface area contributed by atoms with Crippen LogP contribution in [-0.4, -0.2) is 50.6 Å². The van der Waals surface area contributed by atoms with Crippen molar-refractivity contribution in [3.05, 3.63) is 0 Å². The highest BCUT2D eigenvalue weighted by molar-refractivity contribution is 7.83. The molecule has 12 nitrogen and oxygen atoms in total. The Labute approximate surface area is 112 Å². The Bertz CT molecular complexity index is 379. The van der Waals surface area contributed by atoms with Gasteiger partial charge in [0.15, 0.2) is 0 Å². The molecule has 0 heterocycles. The lowest BCUT2D eigenvalue weighted by Crippen LogP contribution is -2.46. The summed E-state index contributed by atoms with van der Waals surface area (Å²) in [4.78, 5) is 1.97. The number of nitrogens with two attached hydrogens (primary N) is 1. The second-order valence-electron chi connectivity index (χ2n) is 3.54. The van der Waals surface area contributed by atoms with E-state index in [1.165, 1.54) is 0 Å². The summed E-state index contributed by atoms with van der Waals surface area (Å²) in [6.45, 7) is 3.93. The highest BCUT2D eigenvalue weighted by Gasteiger charge is 2.13. The summed E-state index contributed by atoms with van der Waals surface area (Å²) >= 11 is 0. The van der Waals surface area contributed by atoms with Crippen LogP contribution in [0, 0.1) is 0 Å². The highest BCUT2D eigenvalue weighted by Crippen LogP contribution is 1.97. The van der Waals surface area contributed by atoms with Gasteiger partial charge in [0.2, 0.25) is 0 Å². The summed E-state index contributed by atoms with van der Waals surface area (Å²) < 4.78 is 58.9. The molecule has 0 aliphatic carbocycles. The van der Waals surface area contributed by atoms with Gasteiger partial charge in [-0.2, -0.15) is 16.8 Å². The van der Waals surface area contributed by atoms with E-state index in [1.54, 1.807) is 0 Å². The van der Waals surface area contributed by atoms with E-state index in [4.69, 9.17) is 14.8 Å². The van der Waals surface area contributed by atoms with Crippen LogP contribution in [0.1, 0.15) is 13.8 Å². The molecule has 14 heteroatoms. The maximum Gasteiger partial charge on any atom is 0.425 e. The lowest BCUT2D eigenvalue weighted by atomic mass is 10.2. The molecule has 10 N–H and O–H groups in total. The van der Waals surface area contributed by atoms with Gasteiger partial charge in [0.05, 0.1) is 5.66 Å². The molecule has 0 aliphatic rings. The van der Waals surface area contributed by atoms with E-state index in [2.05, 4.69) is 8.67 Å². The maximum atomic E-state index is 9.51. The van der Waals surface area contributed by atoms with E-state index < -0.39 is 20.8 Å². The van der Waals surface area contributed by atoms with Gasteiger partial charge in [0, 0.05) is 0 Å². The first-order valence-electron chi connectivity index (χ1n) is 3.94. The molecule has 0 aliphatic heterocycles. The molecule has 0 saturated carbocycles. The van der Waals surface area contributed by atoms with Gasteiger partial charge in [-0.15, -0.1) is 0 Å². The molecule has 0 atom stereocenters. The molecule has 0 aromatic heterocycles. The standard InChI is InChI=1S/C5H14N2.2H3N.H2O8S2/c1-5(2,6)7(3)4;;;1-9(2,3)7-8-10(4,5)6/h6H2,1-4H3;2*1H3;(H,1,2,3)(H,4,5,6). The van der Waals surface area contributed by atoms with Crippen molar-refractivity contribution in [2.45, 2.75) is 19.5 Å². The quantitative estimate of drug-likeness (QED) is 0.183. The topological polar surface area (TPSA) is 226 Å². The number of hydrogen-bond donors (Lipinski definition) is 5. The van der Waals surface area contributed by atoms with Gasteiger partial charge in [-0.1, -0.05) is 8.67 Å². The first kappa shape index (κ1) is 27.0. The molecule has 0 radical (unpaired) electrons. The summed E-state index contributed by atoms with van der Waals surface area (Å²) in [7, 11) is -6.12. The first-order chi connectivity index (χ1) is 7.15. The average Bonchev–Trinajstić information content (AvgIpc) is 1.97. The lowest BCUT2D eigenvalue weighted by Gasteiger charge is -2.26. The normalized spacial score (nSPS) is 11.8. The molecule has 0 saturated heterocycles. The Morgan fingerprint density at radius 2 is 1.11 bits per heavy atom. The van der Waals surface area contributed by atoms with Gasteiger partial charge in [-0.25, -0.2) is 0 Å². The fraction of sp³-hybridized carbons (Fsp3) is 1.00. The number of rotatable bonds is 4. The SMILES string of the molecule is CN(C)C(C)(C)N.N.N.O=S(=O)(O)OOS(=O)(=O)O. The van der Waals surface area contributed by atoms with Crippen molar-refractivity contribution < 1.29 is 34.6 Å². The summed E-state index contributed by atoms with van der Waals surface area (Å²) in [5.41, 5.74) is 5.44. The van der Waals surface area contributed by atoms with Crippen molar-refractivity contribution in [2.24, 2.45) is 5.73 Å². The van der Waals surface area contributed by atoms with Crippen molar-refractivity contribution in [3.8, 4) is 0 Å². The fourth-order valence-electron chi connectivity index (χ4n) is 0.0702. The number of hydrogen-bond acceptors (Lipinski definition) is 10. The maximum absolute atomic E-state index is 9.51. The minimum absolute atomic E-state index is 0. The van der Waals surface area contributed by atoms with Crippen LogP contribution in [0.5, 0.6) is 0 Å². The van der Waals surface area contributed by atoms with Crippen LogP contribution in [-0.2, 0) is 29.5 Å². The first-order valence-corrected chi connectivity index (χ1v) is 6.67. The Kier molecular flexibility index (Phi) is 13.5. The second kappa shape index (κ2) is 9.48. The van der Waals surface area contributed by atoms with Gasteiger partial charge in [0.25, 0.3) is 0 Å². The van der Waals surface area contributed by atoms with E-state index in [9.17, 15) is 16.8 Å². The zero-order valence-corrected chi connectivity index (χ0v) is 12.7. The molecule has 0 spiro atoms. The van der Waals surface area contributed by atoms with E-state index in [0.717, 1.165) is 0 Å². The monoisotopic (exact) mass is 330 g/mol. The van der Waals surface area contributed by atoms with Gasteiger partial charge in [0.1, 0.15) is 0 Å². The third-order valence-electron chi connectivity index (χ3n) is 1.35. The molecular weight excluding hydrogens is 308 g/mol. The molecule has 0 rings (SSSR count). The van der Waals surface area contributed by atoms with Crippen LogP contribution in [0.15, 0.2) is 0 Å². The van der Waals surface area contributed by atoms with Crippen molar-refractivity contribution in [3.63, 3.8) is 0 Å². The van der Waals surface area contributed by atoms with Crippen LogP contribution >= 0.6 is 0 Å². The molecule has 0 fully saturated rings. The lowest BCUT2D eigenvalue weighted by molar-refractivity contribution is -0.105. The summed E-state index contributed by atoms with van der Waals surface area (Å²) in [6, 6.07) is 0. The number of nitrogens with zero attached hydrogens (tertiary/aromatic N) is 1. The molecule has 0 bridgehead atoms. The highest BCUT2D eigenvalue weighted by atomic mass is 32.3. The molecule has 122 valence electrons. The van der Waals surface area contributed by atoms with Gasteiger partial charge in [-0.3, -0.25) is 14.0 Å². The fourth-order valence-corrected chi connectivity index (χ4v) is 0.632. The Morgan fingerprint density at radius 3 is 1.16 bits per heavy atom. The van der Waals surface area contributed by atoms with Crippen molar-refractivity contribution in [1.82, 2.24) is 17.2 Å². The Morgan fingerprint density at radius 1 is 0.947 bits per heavy atom. The third-order valence-corrected chi connectivity index (χ3v) is 1.92. The predicted molar refractivity (Wildman–Crippen MR) is 67.3 cm³/mol. The van der Waals surface area contributed by atoms with Crippen molar-refractivity contribution in [2.75, 3.05) is 14.1 Å². The molecule has 0 amide bonds. The predicted octanol–water partition coefficient (Wildman–Crippen LogP) is -0.893. The molecule has 0 aromatic rings. The van der Waals surface area contributed by atoms with Crippen LogP contribution in [0.3, 0.4) is 0 Å². The molecular formula is C5H22N4O8S2. The molecule has 0 aromatic carbocycles. The van der Waals surface area contributed by atoms with Crippen LogP contribution in [0.4, 0.5) is 0 Å². The van der Waals surface area contributed by atoms with Crippen molar-refractivity contribution >= 4 is 20.8 Å². The van der Waals surface area contributed by atoms with Crippen LogP contribution in [0.2, 0.25) is 0 Å². The summed E-state index contributed by atoms with van der Waals surface area (Å²) in [5.74, 6) is 0. The van der Waals surface area contributed by atoms with Crippen LogP contribution in [0.25, 0.3) is 0 Å². The third kappa shape index (κ3) is 27.0. The average molecular weight is 330 g/mol. The zero-order chi connectivity index (χ0) is 14.5. The summed E-state index contributed by atoms with van der Waals surface area (Å²) in [5, 5.41) is 0. The largest absolute Gasteiger partial charge is 0.425 e. The minimum Gasteiger partial charge on any atom is -0.344 e. The Balaban J connectivity index is -0.000000112. The van der Waals surface area contributed by atoms with Crippen LogP contribution < -0.4 is 18.0 Å². The molecule has 19 heavy (non-hydrogen) atoms. The Hall–Kier alpha value is -0.420. The second-order valence-corrected chi connectivity index (χ2v) is 5.52. The summed E-state index contributed by atoms with van der Waals surface area (Å²) in [6.07, 6.45) is 0. The smallest absolute Gasteiger partial charge is 0.344 e. The van der Waals surface area contributed by atoms with Gasteiger partial charge < -0.3 is 18.0 Å².